The number of aromatic nitrogens is 2. The molecule has 0 spiro atoms. The van der Waals surface area contributed by atoms with E-state index in [0.29, 0.717) is 24.6 Å². The van der Waals surface area contributed by atoms with Crippen molar-refractivity contribution in [3.05, 3.63) is 54.4 Å². The molecule has 28 heavy (non-hydrogen) atoms. The van der Waals surface area contributed by atoms with Crippen LogP contribution in [0.3, 0.4) is 0 Å². The molecule has 1 aromatic carbocycles. The Hall–Kier alpha value is -2.45. The molecular weight excluding hydrogens is 382 g/mol. The lowest BCUT2D eigenvalue weighted by Gasteiger charge is -2.24. The number of aryl methyl sites for hydroxylation is 1. The second kappa shape index (κ2) is 9.66. The molecule has 3 rings (SSSR count). The Morgan fingerprint density at radius 1 is 1.07 bits per heavy atom. The third-order valence-electron chi connectivity index (χ3n) is 4.49. The second-order valence-electron chi connectivity index (χ2n) is 6.50. The fourth-order valence-electron chi connectivity index (χ4n) is 2.61. The number of aliphatic hydroxyl groups excluding tert-OH is 2. The molecule has 0 aliphatic carbocycles. The van der Waals surface area contributed by atoms with Crippen LogP contribution in [0.4, 0.5) is 0 Å². The molecule has 0 amide bonds. The molecule has 3 aromatic rings. The first-order valence-corrected chi connectivity index (χ1v) is 8.63. The van der Waals surface area contributed by atoms with Gasteiger partial charge in [-0.15, -0.1) is 12.4 Å². The van der Waals surface area contributed by atoms with Crippen molar-refractivity contribution in [1.82, 2.24) is 9.97 Å². The molecule has 0 aliphatic rings. The van der Waals surface area contributed by atoms with E-state index in [4.69, 9.17) is 14.9 Å². The number of ether oxygens (including phenoxy) is 1. The first-order chi connectivity index (χ1) is 13.1. The van der Waals surface area contributed by atoms with Gasteiger partial charge >= 0.3 is 0 Å². The number of benzene rings is 1. The van der Waals surface area contributed by atoms with Crippen LogP contribution in [-0.4, -0.2) is 46.0 Å². The van der Waals surface area contributed by atoms with Crippen LogP contribution in [0.15, 0.2) is 53.3 Å². The predicted molar refractivity (Wildman–Crippen MR) is 108 cm³/mol. The van der Waals surface area contributed by atoms with Crippen molar-refractivity contribution in [2.24, 2.45) is 5.73 Å². The van der Waals surface area contributed by atoms with Gasteiger partial charge in [0, 0.05) is 17.8 Å². The molecule has 0 radical (unpaired) electrons. The van der Waals surface area contributed by atoms with Crippen LogP contribution in [0, 0.1) is 0 Å². The summed E-state index contributed by atoms with van der Waals surface area (Å²) in [5.74, 6) is 1.02. The van der Waals surface area contributed by atoms with E-state index in [1.807, 2.05) is 30.3 Å². The van der Waals surface area contributed by atoms with Gasteiger partial charge in [0.25, 0.3) is 0 Å². The summed E-state index contributed by atoms with van der Waals surface area (Å²) < 4.78 is 10.6. The number of methoxy groups -OCH3 is 1. The third kappa shape index (κ3) is 5.08. The summed E-state index contributed by atoms with van der Waals surface area (Å²) in [4.78, 5) is 8.67. The van der Waals surface area contributed by atoms with Crippen molar-refractivity contribution in [2.75, 3.05) is 20.3 Å². The van der Waals surface area contributed by atoms with E-state index >= 15 is 0 Å². The maximum Gasteiger partial charge on any atom is 0.228 e. The van der Waals surface area contributed by atoms with Crippen LogP contribution in [0.2, 0.25) is 0 Å². The molecule has 7 nitrogen and oxygen atoms in total. The Morgan fingerprint density at radius 2 is 1.75 bits per heavy atom. The fourth-order valence-corrected chi connectivity index (χ4v) is 2.61. The van der Waals surface area contributed by atoms with Crippen LogP contribution < -0.4 is 10.5 Å². The van der Waals surface area contributed by atoms with Gasteiger partial charge in [-0.05, 0) is 24.5 Å². The molecule has 4 N–H and O–H groups in total. The molecule has 0 atom stereocenters. The highest BCUT2D eigenvalue weighted by molar-refractivity contribution is 5.85. The quantitative estimate of drug-likeness (QED) is 0.527. The average Bonchev–Trinajstić information content (AvgIpc) is 3.22. The monoisotopic (exact) mass is 405 g/mol. The van der Waals surface area contributed by atoms with Gasteiger partial charge in [-0.25, -0.2) is 9.97 Å². The number of nitrogens with two attached hydrogens (primary N) is 1. The summed E-state index contributed by atoms with van der Waals surface area (Å²) in [7, 11) is 1.57. The van der Waals surface area contributed by atoms with E-state index in [-0.39, 0.29) is 25.6 Å². The number of nitrogens with zero attached hydrogens (tertiary/aromatic N) is 2. The smallest absolute Gasteiger partial charge is 0.228 e. The minimum absolute atomic E-state index is 0. The number of halogens is 1. The minimum atomic E-state index is -0.952. The topological polar surface area (TPSA) is 115 Å². The van der Waals surface area contributed by atoms with Crippen LogP contribution in [0.25, 0.3) is 22.7 Å². The van der Waals surface area contributed by atoms with Crippen molar-refractivity contribution >= 4 is 12.4 Å². The van der Waals surface area contributed by atoms with Gasteiger partial charge in [-0.1, -0.05) is 24.3 Å². The van der Waals surface area contributed by atoms with Gasteiger partial charge in [-0.2, -0.15) is 0 Å². The summed E-state index contributed by atoms with van der Waals surface area (Å²) in [6, 6.07) is 11.5. The van der Waals surface area contributed by atoms with Gasteiger partial charge < -0.3 is 25.1 Å². The molecule has 2 aromatic heterocycles. The molecule has 0 saturated carbocycles. The van der Waals surface area contributed by atoms with E-state index < -0.39 is 5.54 Å². The van der Waals surface area contributed by atoms with Crippen LogP contribution in [0.5, 0.6) is 5.88 Å². The highest BCUT2D eigenvalue weighted by Crippen LogP contribution is 2.25. The van der Waals surface area contributed by atoms with E-state index in [1.165, 1.54) is 0 Å². The summed E-state index contributed by atoms with van der Waals surface area (Å²) in [6.07, 6.45) is 4.42. The molecule has 0 unspecified atom stereocenters. The third-order valence-corrected chi connectivity index (χ3v) is 4.49. The lowest BCUT2D eigenvalue weighted by molar-refractivity contribution is 0.115. The second-order valence-corrected chi connectivity index (χ2v) is 6.50. The maximum absolute atomic E-state index is 9.27. The Bertz CT molecular complexity index is 862. The largest absolute Gasteiger partial charge is 0.481 e. The molecule has 2 heterocycles. The summed E-state index contributed by atoms with van der Waals surface area (Å²) in [5, 5.41) is 18.5. The highest BCUT2D eigenvalue weighted by atomic mass is 35.5. The Labute approximate surface area is 169 Å². The van der Waals surface area contributed by atoms with Gasteiger partial charge in [0.05, 0.1) is 31.4 Å². The van der Waals surface area contributed by atoms with E-state index in [0.717, 1.165) is 22.4 Å². The Balaban J connectivity index is 0.00000280. The van der Waals surface area contributed by atoms with Crippen LogP contribution >= 0.6 is 12.4 Å². The minimum Gasteiger partial charge on any atom is -0.481 e. The maximum atomic E-state index is 9.27. The molecule has 0 saturated heterocycles. The average molecular weight is 406 g/mol. The van der Waals surface area contributed by atoms with E-state index in [1.54, 1.807) is 25.6 Å². The van der Waals surface area contributed by atoms with Crippen molar-refractivity contribution in [3.8, 4) is 28.6 Å². The van der Waals surface area contributed by atoms with Gasteiger partial charge in [0.2, 0.25) is 11.8 Å². The van der Waals surface area contributed by atoms with Gasteiger partial charge in [0.15, 0.2) is 0 Å². The summed E-state index contributed by atoms with van der Waals surface area (Å²) in [6.45, 7) is -0.493. The zero-order valence-electron chi connectivity index (χ0n) is 15.5. The van der Waals surface area contributed by atoms with Crippen molar-refractivity contribution < 1.29 is 19.4 Å². The number of oxazole rings is 1. The molecule has 150 valence electrons. The molecular formula is C20H24ClN3O4. The standard InChI is InChI=1S/C20H23N3O4.ClH/c1-26-18-7-6-16(10-22-18)19-23-17(11-27-19)15-4-2-14(3-5-15)8-9-20(21,12-24)13-25;/h2-7,10-11,24-25H,8-9,12-13,21H2,1H3;1H. The van der Waals surface area contributed by atoms with Crippen molar-refractivity contribution in [2.45, 2.75) is 18.4 Å². The molecule has 0 fully saturated rings. The lowest BCUT2D eigenvalue weighted by Crippen LogP contribution is -2.47. The predicted octanol–water partition coefficient (Wildman–Crippen LogP) is 2.45. The van der Waals surface area contributed by atoms with Crippen LogP contribution in [0.1, 0.15) is 12.0 Å². The molecule has 8 heteroatoms. The Kier molecular flexibility index (Phi) is 7.53. The zero-order chi connectivity index (χ0) is 19.3. The molecule has 0 aliphatic heterocycles. The summed E-state index contributed by atoms with van der Waals surface area (Å²) in [5.41, 5.74) is 8.45. The van der Waals surface area contributed by atoms with E-state index in [2.05, 4.69) is 9.97 Å². The van der Waals surface area contributed by atoms with Gasteiger partial charge in [0.1, 0.15) is 12.0 Å². The zero-order valence-corrected chi connectivity index (χ0v) is 16.4. The fraction of sp³-hybridized carbons (Fsp3) is 0.300. The first-order valence-electron chi connectivity index (χ1n) is 8.63. The van der Waals surface area contributed by atoms with Gasteiger partial charge in [-0.3, -0.25) is 0 Å². The van der Waals surface area contributed by atoms with E-state index in [9.17, 15) is 10.2 Å². The number of pyridine rings is 1. The number of aliphatic hydroxyl groups is 2. The normalized spacial score (nSPS) is 11.1. The van der Waals surface area contributed by atoms with Crippen LogP contribution in [-0.2, 0) is 6.42 Å². The number of hydrogen-bond acceptors (Lipinski definition) is 7. The lowest BCUT2D eigenvalue weighted by atomic mass is 9.93. The van der Waals surface area contributed by atoms with Crippen molar-refractivity contribution in [1.29, 1.82) is 0 Å². The van der Waals surface area contributed by atoms with Crippen molar-refractivity contribution in [3.63, 3.8) is 0 Å². The number of rotatable bonds is 8. The molecule has 0 bridgehead atoms. The Morgan fingerprint density at radius 3 is 2.32 bits per heavy atom. The summed E-state index contributed by atoms with van der Waals surface area (Å²) >= 11 is 0. The highest BCUT2D eigenvalue weighted by Gasteiger charge is 2.22. The number of hydrogen-bond donors (Lipinski definition) is 3. The SMILES string of the molecule is COc1ccc(-c2nc(-c3ccc(CCC(N)(CO)CO)cc3)co2)cn1.Cl. The first kappa shape index (κ1) is 21.8.